The Morgan fingerprint density at radius 2 is 1.90 bits per heavy atom. The first-order valence-electron chi connectivity index (χ1n) is 10.8. The standard InChI is InChI=1S/C23H31ClN4O3/c1-4-11-28-19(16-27-14-12-26(5-2)13-15-27)20(22(29)31-6-3)21(25-23(28)30)17-9-7-8-10-18(17)24/h4,7-10,21H,1,5-6,11-16H2,2-3H3,(H,25,30)/t21-/m0/s1. The van der Waals surface area contributed by atoms with E-state index in [0.29, 0.717) is 34.9 Å². The van der Waals surface area contributed by atoms with Gasteiger partial charge in [-0.2, -0.15) is 0 Å². The minimum atomic E-state index is -0.673. The normalized spacial score (nSPS) is 20.5. The van der Waals surface area contributed by atoms with Crippen LogP contribution in [0.15, 0.2) is 48.2 Å². The molecule has 168 valence electrons. The predicted molar refractivity (Wildman–Crippen MR) is 122 cm³/mol. The Morgan fingerprint density at radius 1 is 1.23 bits per heavy atom. The molecule has 2 heterocycles. The van der Waals surface area contributed by atoms with Crippen molar-refractivity contribution in [3.05, 3.63) is 58.8 Å². The summed E-state index contributed by atoms with van der Waals surface area (Å²) in [5, 5.41) is 3.44. The average molecular weight is 447 g/mol. The Morgan fingerprint density at radius 3 is 2.52 bits per heavy atom. The first-order chi connectivity index (χ1) is 15.0. The number of rotatable bonds is 8. The van der Waals surface area contributed by atoms with E-state index >= 15 is 0 Å². The van der Waals surface area contributed by atoms with Crippen molar-refractivity contribution in [1.82, 2.24) is 20.0 Å². The molecule has 0 unspecified atom stereocenters. The maximum absolute atomic E-state index is 13.1. The fourth-order valence-corrected chi connectivity index (χ4v) is 4.31. The molecule has 2 amide bonds. The Labute approximate surface area is 189 Å². The van der Waals surface area contributed by atoms with Gasteiger partial charge >= 0.3 is 12.0 Å². The van der Waals surface area contributed by atoms with E-state index in [9.17, 15) is 9.59 Å². The van der Waals surface area contributed by atoms with E-state index in [4.69, 9.17) is 16.3 Å². The molecule has 1 aromatic rings. The molecule has 0 spiro atoms. The van der Waals surface area contributed by atoms with E-state index < -0.39 is 12.0 Å². The van der Waals surface area contributed by atoms with Crippen LogP contribution in [0.3, 0.4) is 0 Å². The van der Waals surface area contributed by atoms with Gasteiger partial charge in [-0.1, -0.05) is 42.8 Å². The van der Waals surface area contributed by atoms with Crippen molar-refractivity contribution in [1.29, 1.82) is 0 Å². The molecule has 1 N–H and O–H groups in total. The zero-order valence-corrected chi connectivity index (χ0v) is 19.0. The van der Waals surface area contributed by atoms with Crippen molar-refractivity contribution >= 4 is 23.6 Å². The van der Waals surface area contributed by atoms with Crippen LogP contribution >= 0.6 is 11.6 Å². The molecule has 0 saturated carbocycles. The second kappa shape index (κ2) is 10.8. The first kappa shape index (κ1) is 23.3. The van der Waals surface area contributed by atoms with Crippen molar-refractivity contribution < 1.29 is 14.3 Å². The molecule has 1 saturated heterocycles. The number of esters is 1. The molecule has 0 radical (unpaired) electrons. The zero-order chi connectivity index (χ0) is 22.4. The van der Waals surface area contributed by atoms with Gasteiger partial charge < -0.3 is 15.0 Å². The topological polar surface area (TPSA) is 65.1 Å². The molecule has 7 nitrogen and oxygen atoms in total. The van der Waals surface area contributed by atoms with Crippen molar-refractivity contribution in [2.75, 3.05) is 52.4 Å². The van der Waals surface area contributed by atoms with E-state index in [-0.39, 0.29) is 12.6 Å². The number of ether oxygens (including phenoxy) is 1. The van der Waals surface area contributed by atoms with Crippen LogP contribution in [0.5, 0.6) is 0 Å². The quantitative estimate of drug-likeness (QED) is 0.491. The number of nitrogens with one attached hydrogen (secondary N) is 1. The van der Waals surface area contributed by atoms with E-state index in [2.05, 4.69) is 28.6 Å². The number of urea groups is 1. The zero-order valence-electron chi connectivity index (χ0n) is 18.3. The third-order valence-corrected chi connectivity index (χ3v) is 6.09. The number of hydrogen-bond donors (Lipinski definition) is 1. The Balaban J connectivity index is 2.06. The molecule has 3 rings (SSSR count). The van der Waals surface area contributed by atoms with Crippen molar-refractivity contribution in [2.24, 2.45) is 0 Å². The van der Waals surface area contributed by atoms with Gasteiger partial charge in [0.05, 0.1) is 18.2 Å². The summed E-state index contributed by atoms with van der Waals surface area (Å²) in [5.74, 6) is -0.441. The minimum Gasteiger partial charge on any atom is -0.463 e. The van der Waals surface area contributed by atoms with Crippen LogP contribution in [0.4, 0.5) is 4.79 Å². The Kier molecular flexibility index (Phi) is 8.12. The molecule has 8 heteroatoms. The molecule has 2 aliphatic heterocycles. The van der Waals surface area contributed by atoms with Gasteiger partial charge in [0.2, 0.25) is 0 Å². The van der Waals surface area contributed by atoms with Gasteiger partial charge in [-0.15, -0.1) is 6.58 Å². The van der Waals surface area contributed by atoms with Crippen LogP contribution in [-0.2, 0) is 9.53 Å². The number of amides is 2. The Hall–Kier alpha value is -2.35. The van der Waals surface area contributed by atoms with E-state index in [1.807, 2.05) is 18.2 Å². The summed E-state index contributed by atoms with van der Waals surface area (Å²) in [6.45, 7) is 13.4. The lowest BCUT2D eigenvalue weighted by Crippen LogP contribution is -2.53. The number of halogens is 1. The van der Waals surface area contributed by atoms with Gasteiger partial charge in [0, 0.05) is 50.0 Å². The number of benzene rings is 1. The van der Waals surface area contributed by atoms with Gasteiger partial charge in [-0.05, 0) is 25.1 Å². The molecule has 0 aliphatic carbocycles. The third kappa shape index (κ3) is 5.29. The van der Waals surface area contributed by atoms with Crippen molar-refractivity contribution in [3.8, 4) is 0 Å². The minimum absolute atomic E-state index is 0.245. The van der Waals surface area contributed by atoms with Crippen LogP contribution in [-0.4, -0.2) is 79.1 Å². The highest BCUT2D eigenvalue weighted by atomic mass is 35.5. The second-order valence-electron chi connectivity index (χ2n) is 7.59. The van der Waals surface area contributed by atoms with Gasteiger partial charge in [0.15, 0.2) is 0 Å². The molecule has 2 aliphatic rings. The van der Waals surface area contributed by atoms with E-state index in [1.165, 1.54) is 0 Å². The number of carbonyl (C=O) groups excluding carboxylic acids is 2. The molecular weight excluding hydrogens is 416 g/mol. The van der Waals surface area contributed by atoms with Gasteiger partial charge in [-0.25, -0.2) is 9.59 Å². The van der Waals surface area contributed by atoms with E-state index in [0.717, 1.165) is 32.7 Å². The fourth-order valence-electron chi connectivity index (χ4n) is 4.06. The monoisotopic (exact) mass is 446 g/mol. The second-order valence-corrected chi connectivity index (χ2v) is 8.00. The molecule has 31 heavy (non-hydrogen) atoms. The number of likely N-dealkylation sites (N-methyl/N-ethyl adjacent to an activating group) is 1. The van der Waals surface area contributed by atoms with Gasteiger partial charge in [0.1, 0.15) is 0 Å². The lowest BCUT2D eigenvalue weighted by molar-refractivity contribution is -0.139. The molecular formula is C23H31ClN4O3. The van der Waals surface area contributed by atoms with E-state index in [1.54, 1.807) is 24.0 Å². The summed E-state index contributed by atoms with van der Waals surface area (Å²) < 4.78 is 5.42. The SMILES string of the molecule is C=CCN1C(=O)N[C@@H](c2ccccc2Cl)C(C(=O)OCC)=C1CN1CCN(CC)CC1. The van der Waals surface area contributed by atoms with Gasteiger partial charge in [-0.3, -0.25) is 9.80 Å². The summed E-state index contributed by atoms with van der Waals surface area (Å²) in [6.07, 6.45) is 1.66. The lowest BCUT2D eigenvalue weighted by Gasteiger charge is -2.40. The molecule has 1 aromatic carbocycles. The maximum Gasteiger partial charge on any atom is 0.338 e. The van der Waals surface area contributed by atoms with Crippen LogP contribution in [0.1, 0.15) is 25.5 Å². The smallest absolute Gasteiger partial charge is 0.338 e. The van der Waals surface area contributed by atoms with Crippen molar-refractivity contribution in [2.45, 2.75) is 19.9 Å². The molecule has 0 aromatic heterocycles. The highest BCUT2D eigenvalue weighted by molar-refractivity contribution is 6.31. The van der Waals surface area contributed by atoms with Crippen molar-refractivity contribution in [3.63, 3.8) is 0 Å². The Bertz CT molecular complexity index is 849. The maximum atomic E-state index is 13.1. The largest absolute Gasteiger partial charge is 0.463 e. The highest BCUT2D eigenvalue weighted by Gasteiger charge is 2.39. The number of nitrogens with zero attached hydrogens (tertiary/aromatic N) is 3. The van der Waals surface area contributed by atoms with Crippen LogP contribution in [0.25, 0.3) is 0 Å². The fraction of sp³-hybridized carbons (Fsp3) is 0.478. The predicted octanol–water partition coefficient (Wildman–Crippen LogP) is 3.05. The highest BCUT2D eigenvalue weighted by Crippen LogP contribution is 2.35. The first-order valence-corrected chi connectivity index (χ1v) is 11.2. The molecule has 0 bridgehead atoms. The number of carbonyl (C=O) groups is 2. The lowest BCUT2D eigenvalue weighted by atomic mass is 9.94. The summed E-state index contributed by atoms with van der Waals surface area (Å²) in [6, 6.07) is 6.30. The van der Waals surface area contributed by atoms with Gasteiger partial charge in [0.25, 0.3) is 0 Å². The summed E-state index contributed by atoms with van der Waals surface area (Å²) in [5.41, 5.74) is 1.75. The van der Waals surface area contributed by atoms with Crippen LogP contribution in [0.2, 0.25) is 5.02 Å². The summed E-state index contributed by atoms with van der Waals surface area (Å²) >= 11 is 6.45. The summed E-state index contributed by atoms with van der Waals surface area (Å²) in [4.78, 5) is 32.5. The third-order valence-electron chi connectivity index (χ3n) is 5.75. The van der Waals surface area contributed by atoms with Crippen LogP contribution in [0, 0.1) is 0 Å². The number of piperazine rings is 1. The van der Waals surface area contributed by atoms with Crippen LogP contribution < -0.4 is 5.32 Å². The average Bonchev–Trinajstić information content (AvgIpc) is 2.77. The molecule has 1 atom stereocenters. The molecule has 1 fully saturated rings. The summed E-state index contributed by atoms with van der Waals surface area (Å²) in [7, 11) is 0. The number of hydrogen-bond acceptors (Lipinski definition) is 5.